The molecular formula is C44H48N4O6. The van der Waals surface area contributed by atoms with Crippen molar-refractivity contribution in [2.45, 2.75) is 76.9 Å². The molecule has 0 aliphatic carbocycles. The zero-order valence-electron chi connectivity index (χ0n) is 31.1. The van der Waals surface area contributed by atoms with Crippen LogP contribution < -0.4 is 10.6 Å². The van der Waals surface area contributed by atoms with E-state index in [0.717, 1.165) is 28.7 Å². The van der Waals surface area contributed by atoms with Crippen molar-refractivity contribution in [1.29, 1.82) is 0 Å². The lowest BCUT2D eigenvalue weighted by Crippen LogP contribution is -2.43. The van der Waals surface area contributed by atoms with E-state index in [1.165, 1.54) is 4.90 Å². The average Bonchev–Trinajstić information content (AvgIpc) is 3.83. The van der Waals surface area contributed by atoms with Gasteiger partial charge in [-0.1, -0.05) is 97.1 Å². The van der Waals surface area contributed by atoms with Gasteiger partial charge in [-0.2, -0.15) is 0 Å². The van der Waals surface area contributed by atoms with Gasteiger partial charge in [0, 0.05) is 24.3 Å². The highest BCUT2D eigenvalue weighted by molar-refractivity contribution is 5.98. The zero-order valence-corrected chi connectivity index (χ0v) is 31.1. The maximum Gasteiger partial charge on any atom is 0.410 e. The van der Waals surface area contributed by atoms with Gasteiger partial charge in [-0.25, -0.2) is 4.79 Å². The SMILES string of the molecule is CC(C)(C)O[C@@H]1C[C@@H](C(=O)Nc2ccc(/C=C/c3ccc(NC(=O)[C@@H]4CCCN4C(=O)Cc4ccccc4)cc3)cc2)N(C(=O)OCc2ccccc2)C1. The molecule has 6 rings (SSSR count). The number of benzene rings is 4. The molecule has 2 saturated heterocycles. The topological polar surface area (TPSA) is 117 Å². The molecule has 0 aromatic heterocycles. The quantitative estimate of drug-likeness (QED) is 0.154. The summed E-state index contributed by atoms with van der Waals surface area (Å²) in [4.78, 5) is 56.0. The van der Waals surface area contributed by atoms with E-state index in [9.17, 15) is 19.2 Å². The van der Waals surface area contributed by atoms with Crippen molar-refractivity contribution in [1.82, 2.24) is 9.80 Å². The van der Waals surface area contributed by atoms with Gasteiger partial charge in [0.2, 0.25) is 17.7 Å². The van der Waals surface area contributed by atoms with Crippen LogP contribution in [0.1, 0.15) is 62.3 Å². The van der Waals surface area contributed by atoms with Gasteiger partial charge in [0.05, 0.1) is 24.7 Å². The fourth-order valence-corrected chi connectivity index (χ4v) is 6.84. The molecule has 280 valence electrons. The van der Waals surface area contributed by atoms with Crippen LogP contribution in [0, 0.1) is 0 Å². The molecule has 0 unspecified atom stereocenters. The van der Waals surface area contributed by atoms with Crippen LogP contribution in [0.2, 0.25) is 0 Å². The fourth-order valence-electron chi connectivity index (χ4n) is 6.84. The predicted molar refractivity (Wildman–Crippen MR) is 210 cm³/mol. The second kappa shape index (κ2) is 17.4. The number of carbonyl (C=O) groups is 4. The third-order valence-corrected chi connectivity index (χ3v) is 9.42. The first-order chi connectivity index (χ1) is 26.0. The number of ether oxygens (including phenoxy) is 2. The van der Waals surface area contributed by atoms with Gasteiger partial charge in [-0.15, -0.1) is 0 Å². The Hall–Kier alpha value is -5.74. The fraction of sp³-hybridized carbons (Fsp3) is 0.318. The molecule has 0 spiro atoms. The summed E-state index contributed by atoms with van der Waals surface area (Å²) in [5.74, 6) is -0.514. The number of anilines is 2. The lowest BCUT2D eigenvalue weighted by Gasteiger charge is -2.25. The normalized spacial score (nSPS) is 18.5. The van der Waals surface area contributed by atoms with E-state index in [2.05, 4.69) is 10.6 Å². The van der Waals surface area contributed by atoms with Crippen molar-refractivity contribution >= 4 is 47.3 Å². The highest BCUT2D eigenvalue weighted by Crippen LogP contribution is 2.27. The van der Waals surface area contributed by atoms with Gasteiger partial charge in [0.15, 0.2) is 0 Å². The molecule has 0 radical (unpaired) electrons. The van der Waals surface area contributed by atoms with Crippen LogP contribution in [-0.4, -0.2) is 70.5 Å². The van der Waals surface area contributed by atoms with E-state index in [1.54, 1.807) is 4.90 Å². The van der Waals surface area contributed by atoms with Crippen molar-refractivity contribution in [3.63, 3.8) is 0 Å². The summed E-state index contributed by atoms with van der Waals surface area (Å²) in [6.45, 7) is 6.81. The van der Waals surface area contributed by atoms with Crippen LogP contribution in [0.25, 0.3) is 12.2 Å². The molecule has 2 heterocycles. The van der Waals surface area contributed by atoms with Crippen molar-refractivity contribution in [2.75, 3.05) is 23.7 Å². The second-order valence-electron chi connectivity index (χ2n) is 14.8. The zero-order chi connectivity index (χ0) is 38.1. The summed E-state index contributed by atoms with van der Waals surface area (Å²) in [5, 5.41) is 5.95. The number of hydrogen-bond acceptors (Lipinski definition) is 6. The van der Waals surface area contributed by atoms with Crippen molar-refractivity contribution < 1.29 is 28.7 Å². The summed E-state index contributed by atoms with van der Waals surface area (Å²) in [6.07, 6.45) is 5.16. The van der Waals surface area contributed by atoms with E-state index in [-0.39, 0.29) is 43.4 Å². The highest BCUT2D eigenvalue weighted by atomic mass is 16.6. The molecule has 54 heavy (non-hydrogen) atoms. The van der Waals surface area contributed by atoms with Crippen molar-refractivity contribution in [2.24, 2.45) is 0 Å². The first kappa shape index (κ1) is 38.0. The summed E-state index contributed by atoms with van der Waals surface area (Å²) < 4.78 is 11.7. The Labute approximate surface area is 317 Å². The molecule has 2 fully saturated rings. The van der Waals surface area contributed by atoms with Crippen molar-refractivity contribution in [3.8, 4) is 0 Å². The molecule has 10 nitrogen and oxygen atoms in total. The third kappa shape index (κ3) is 10.4. The summed E-state index contributed by atoms with van der Waals surface area (Å²) in [6, 6.07) is 32.8. The Bertz CT molecular complexity index is 1920. The largest absolute Gasteiger partial charge is 0.445 e. The van der Waals surface area contributed by atoms with Gasteiger partial charge in [-0.3, -0.25) is 19.3 Å². The van der Waals surface area contributed by atoms with E-state index in [4.69, 9.17) is 9.47 Å². The lowest BCUT2D eigenvalue weighted by molar-refractivity contribution is -0.136. The van der Waals surface area contributed by atoms with Gasteiger partial charge < -0.3 is 25.0 Å². The van der Waals surface area contributed by atoms with Gasteiger partial charge in [-0.05, 0) is 80.1 Å². The minimum Gasteiger partial charge on any atom is -0.445 e. The van der Waals surface area contributed by atoms with E-state index in [1.807, 2.05) is 142 Å². The Morgan fingerprint density at radius 2 is 1.24 bits per heavy atom. The maximum absolute atomic E-state index is 13.5. The third-order valence-electron chi connectivity index (χ3n) is 9.42. The molecule has 4 aromatic carbocycles. The molecule has 3 atom stereocenters. The monoisotopic (exact) mass is 728 g/mol. The van der Waals surface area contributed by atoms with Crippen LogP contribution in [0.4, 0.5) is 16.2 Å². The Morgan fingerprint density at radius 3 is 1.80 bits per heavy atom. The lowest BCUT2D eigenvalue weighted by atomic mass is 10.1. The Morgan fingerprint density at radius 1 is 0.704 bits per heavy atom. The number of hydrogen-bond donors (Lipinski definition) is 2. The van der Waals surface area contributed by atoms with Crippen LogP contribution in [-0.2, 0) is 36.9 Å². The molecule has 0 bridgehead atoms. The first-order valence-corrected chi connectivity index (χ1v) is 18.5. The molecule has 10 heteroatoms. The smallest absolute Gasteiger partial charge is 0.410 e. The van der Waals surface area contributed by atoms with E-state index < -0.39 is 23.8 Å². The van der Waals surface area contributed by atoms with Crippen LogP contribution in [0.3, 0.4) is 0 Å². The molecular weight excluding hydrogens is 681 g/mol. The van der Waals surface area contributed by atoms with Crippen molar-refractivity contribution in [3.05, 3.63) is 131 Å². The molecule has 2 N–H and O–H groups in total. The Kier molecular flexibility index (Phi) is 12.2. The maximum atomic E-state index is 13.5. The number of rotatable bonds is 11. The van der Waals surface area contributed by atoms with E-state index >= 15 is 0 Å². The average molecular weight is 729 g/mol. The van der Waals surface area contributed by atoms with Crippen LogP contribution in [0.5, 0.6) is 0 Å². The molecule has 2 aliphatic heterocycles. The van der Waals surface area contributed by atoms with E-state index in [0.29, 0.717) is 30.8 Å². The molecule has 0 saturated carbocycles. The minimum atomic E-state index is -0.743. The van der Waals surface area contributed by atoms with Crippen LogP contribution >= 0.6 is 0 Å². The number of nitrogens with zero attached hydrogens (tertiary/aromatic N) is 2. The number of likely N-dealkylation sites (tertiary alicyclic amines) is 2. The number of amides is 4. The number of carbonyl (C=O) groups excluding carboxylic acids is 4. The Balaban J connectivity index is 1.01. The predicted octanol–water partition coefficient (Wildman–Crippen LogP) is 7.56. The van der Waals surface area contributed by atoms with Gasteiger partial charge in [0.25, 0.3) is 0 Å². The summed E-state index contributed by atoms with van der Waals surface area (Å²) in [5.41, 5.74) is 4.52. The molecule has 2 aliphatic rings. The second-order valence-corrected chi connectivity index (χ2v) is 14.8. The number of nitrogens with one attached hydrogen (secondary N) is 2. The van der Waals surface area contributed by atoms with Gasteiger partial charge in [0.1, 0.15) is 18.7 Å². The van der Waals surface area contributed by atoms with Gasteiger partial charge >= 0.3 is 6.09 Å². The van der Waals surface area contributed by atoms with Crippen LogP contribution in [0.15, 0.2) is 109 Å². The highest BCUT2D eigenvalue weighted by Gasteiger charge is 2.42. The summed E-state index contributed by atoms with van der Waals surface area (Å²) >= 11 is 0. The molecule has 4 amide bonds. The summed E-state index contributed by atoms with van der Waals surface area (Å²) in [7, 11) is 0. The standard InChI is InChI=1S/C44H48N4O6/c1-44(2,3)54-37-28-39(48(29-37)43(52)53-30-34-13-8-5-9-14-34)42(51)46-36-24-20-32(21-25-36)17-16-31-18-22-35(23-19-31)45-41(50)38-15-10-26-47(38)40(49)27-33-11-6-4-7-12-33/h4-9,11-14,16-25,37-39H,10,15,26-30H2,1-3H3,(H,45,50)(H,46,51)/b17-16+/t37-,38+,39+/m1/s1. The molecule has 4 aromatic rings. The minimum absolute atomic E-state index is 0.0354. The first-order valence-electron chi connectivity index (χ1n) is 18.5.